The second-order valence-corrected chi connectivity index (χ2v) is 4.95. The minimum absolute atomic E-state index is 0. The van der Waals surface area contributed by atoms with E-state index in [0.29, 0.717) is 22.9 Å². The van der Waals surface area contributed by atoms with E-state index in [1.807, 2.05) is 20.9 Å². The van der Waals surface area contributed by atoms with Gasteiger partial charge in [-0.05, 0) is 46.0 Å². The molecule has 2 N–H and O–H groups in total. The van der Waals surface area contributed by atoms with Crippen molar-refractivity contribution in [1.82, 2.24) is 5.32 Å². The number of amides is 1. The summed E-state index contributed by atoms with van der Waals surface area (Å²) in [4.78, 5) is 11.8. The molecule has 0 radical (unpaired) electrons. The molecule has 1 amide bonds. The van der Waals surface area contributed by atoms with Crippen molar-refractivity contribution in [2.24, 2.45) is 0 Å². The van der Waals surface area contributed by atoms with Crippen molar-refractivity contribution in [3.63, 3.8) is 0 Å². The predicted octanol–water partition coefficient (Wildman–Crippen LogP) is 3.49. The fraction of sp³-hybridized carbons (Fsp3) is 0.500. The van der Waals surface area contributed by atoms with Gasteiger partial charge in [0.05, 0.1) is 16.8 Å². The number of nitrogens with one attached hydrogen (secondary N) is 2. The zero-order chi connectivity index (χ0) is 14.3. The molecular formula is C14H22Cl2N2O2. The maximum absolute atomic E-state index is 11.8. The second-order valence-electron chi connectivity index (χ2n) is 4.54. The van der Waals surface area contributed by atoms with Gasteiger partial charge < -0.3 is 15.4 Å². The molecule has 20 heavy (non-hydrogen) atoms. The molecule has 0 aromatic heterocycles. The van der Waals surface area contributed by atoms with Gasteiger partial charge in [-0.3, -0.25) is 4.79 Å². The Morgan fingerprint density at radius 2 is 2.10 bits per heavy atom. The van der Waals surface area contributed by atoms with Gasteiger partial charge >= 0.3 is 0 Å². The van der Waals surface area contributed by atoms with Crippen LogP contribution in [0.2, 0.25) is 5.02 Å². The van der Waals surface area contributed by atoms with Crippen molar-refractivity contribution in [3.8, 4) is 5.75 Å². The van der Waals surface area contributed by atoms with Crippen molar-refractivity contribution in [2.45, 2.75) is 32.8 Å². The van der Waals surface area contributed by atoms with E-state index in [9.17, 15) is 4.79 Å². The number of benzene rings is 1. The monoisotopic (exact) mass is 320 g/mol. The molecule has 0 heterocycles. The van der Waals surface area contributed by atoms with Crippen molar-refractivity contribution >= 4 is 35.6 Å². The van der Waals surface area contributed by atoms with Gasteiger partial charge in [-0.1, -0.05) is 17.7 Å². The molecule has 1 rings (SSSR count). The van der Waals surface area contributed by atoms with E-state index < -0.39 is 0 Å². The van der Waals surface area contributed by atoms with Crippen LogP contribution in [0.4, 0.5) is 5.69 Å². The molecule has 0 aliphatic rings. The standard InChI is InChI=1S/C14H21ClN2O2.ClH/c1-10(2)19-14-11(15)6-4-7-12(14)17-13(18)8-5-9-16-3;/h4,6-7,10,16H,5,8-9H2,1-3H3,(H,17,18);1H. The average Bonchev–Trinajstić information content (AvgIpc) is 2.33. The van der Waals surface area contributed by atoms with Crippen molar-refractivity contribution in [3.05, 3.63) is 23.2 Å². The Labute approximate surface area is 131 Å². The topological polar surface area (TPSA) is 50.4 Å². The van der Waals surface area contributed by atoms with Gasteiger partial charge in [0, 0.05) is 6.42 Å². The molecule has 0 saturated heterocycles. The van der Waals surface area contributed by atoms with Crippen molar-refractivity contribution in [1.29, 1.82) is 0 Å². The molecule has 0 fully saturated rings. The summed E-state index contributed by atoms with van der Waals surface area (Å²) in [5, 5.41) is 6.35. The van der Waals surface area contributed by atoms with Crippen molar-refractivity contribution < 1.29 is 9.53 Å². The zero-order valence-electron chi connectivity index (χ0n) is 12.0. The Hall–Kier alpha value is -0.970. The maximum Gasteiger partial charge on any atom is 0.224 e. The van der Waals surface area contributed by atoms with E-state index in [-0.39, 0.29) is 24.4 Å². The largest absolute Gasteiger partial charge is 0.487 e. The third kappa shape index (κ3) is 6.46. The van der Waals surface area contributed by atoms with Crippen LogP contribution in [0, 0.1) is 0 Å². The van der Waals surface area contributed by atoms with Gasteiger partial charge in [0.25, 0.3) is 0 Å². The highest BCUT2D eigenvalue weighted by atomic mass is 35.5. The molecule has 1 aromatic carbocycles. The first-order valence-electron chi connectivity index (χ1n) is 6.44. The van der Waals surface area contributed by atoms with Crippen LogP contribution in [-0.4, -0.2) is 25.6 Å². The molecule has 1 aromatic rings. The summed E-state index contributed by atoms with van der Waals surface area (Å²) >= 11 is 6.10. The van der Waals surface area contributed by atoms with E-state index in [4.69, 9.17) is 16.3 Å². The Kier molecular flexibility index (Phi) is 9.38. The number of anilines is 1. The first kappa shape index (κ1) is 19.0. The van der Waals surface area contributed by atoms with Gasteiger partial charge in [0.15, 0.2) is 5.75 Å². The summed E-state index contributed by atoms with van der Waals surface area (Å²) < 4.78 is 5.64. The lowest BCUT2D eigenvalue weighted by molar-refractivity contribution is -0.116. The highest BCUT2D eigenvalue weighted by Crippen LogP contribution is 2.33. The van der Waals surface area contributed by atoms with Crippen LogP contribution >= 0.6 is 24.0 Å². The number of carbonyl (C=O) groups is 1. The van der Waals surface area contributed by atoms with E-state index in [0.717, 1.165) is 13.0 Å². The van der Waals surface area contributed by atoms with Gasteiger partial charge in [0.1, 0.15) is 0 Å². The summed E-state index contributed by atoms with van der Waals surface area (Å²) in [6.07, 6.45) is 1.26. The lowest BCUT2D eigenvalue weighted by atomic mass is 10.2. The molecule has 0 aliphatic carbocycles. The fourth-order valence-electron chi connectivity index (χ4n) is 1.60. The number of halogens is 2. The third-order valence-electron chi connectivity index (χ3n) is 2.43. The number of hydrogen-bond acceptors (Lipinski definition) is 3. The summed E-state index contributed by atoms with van der Waals surface area (Å²) in [7, 11) is 1.86. The number of carbonyl (C=O) groups excluding carboxylic acids is 1. The Balaban J connectivity index is 0.00000361. The summed E-state index contributed by atoms with van der Waals surface area (Å²) in [5.74, 6) is 0.493. The van der Waals surface area contributed by atoms with E-state index in [1.165, 1.54) is 0 Å². The van der Waals surface area contributed by atoms with Crippen LogP contribution in [-0.2, 0) is 4.79 Å². The summed E-state index contributed by atoms with van der Waals surface area (Å²) in [5.41, 5.74) is 0.621. The van der Waals surface area contributed by atoms with Crippen molar-refractivity contribution in [2.75, 3.05) is 18.9 Å². The summed E-state index contributed by atoms with van der Waals surface area (Å²) in [6.45, 7) is 4.65. The molecule has 0 bridgehead atoms. The van der Waals surface area contributed by atoms with Gasteiger partial charge in [-0.2, -0.15) is 0 Å². The first-order valence-corrected chi connectivity index (χ1v) is 6.82. The highest BCUT2D eigenvalue weighted by molar-refractivity contribution is 6.32. The van der Waals surface area contributed by atoms with E-state index in [2.05, 4.69) is 10.6 Å². The van der Waals surface area contributed by atoms with Crippen LogP contribution in [0.5, 0.6) is 5.75 Å². The zero-order valence-corrected chi connectivity index (χ0v) is 13.6. The van der Waals surface area contributed by atoms with E-state index >= 15 is 0 Å². The molecular weight excluding hydrogens is 299 g/mol. The number of para-hydroxylation sites is 1. The minimum atomic E-state index is -0.0360. The smallest absolute Gasteiger partial charge is 0.224 e. The molecule has 0 unspecified atom stereocenters. The Morgan fingerprint density at radius 3 is 2.70 bits per heavy atom. The predicted molar refractivity (Wildman–Crippen MR) is 86.3 cm³/mol. The first-order chi connectivity index (χ1) is 9.04. The SMILES string of the molecule is CNCCCC(=O)Nc1cccc(Cl)c1OC(C)C.Cl. The maximum atomic E-state index is 11.8. The highest BCUT2D eigenvalue weighted by Gasteiger charge is 2.12. The van der Waals surface area contributed by atoms with Crippen LogP contribution < -0.4 is 15.4 Å². The molecule has 0 spiro atoms. The average molecular weight is 321 g/mol. The van der Waals surface area contributed by atoms with E-state index in [1.54, 1.807) is 18.2 Å². The molecule has 114 valence electrons. The molecule has 0 atom stereocenters. The Bertz CT molecular complexity index is 426. The number of ether oxygens (including phenoxy) is 1. The van der Waals surface area contributed by atoms with Crippen LogP contribution in [0.3, 0.4) is 0 Å². The Morgan fingerprint density at radius 1 is 1.40 bits per heavy atom. The molecule has 4 nitrogen and oxygen atoms in total. The van der Waals surface area contributed by atoms with Gasteiger partial charge in [-0.25, -0.2) is 0 Å². The lowest BCUT2D eigenvalue weighted by Crippen LogP contribution is -2.16. The lowest BCUT2D eigenvalue weighted by Gasteiger charge is -2.16. The van der Waals surface area contributed by atoms with Gasteiger partial charge in [-0.15, -0.1) is 12.4 Å². The summed E-state index contributed by atoms with van der Waals surface area (Å²) in [6, 6.07) is 5.33. The molecule has 6 heteroatoms. The fourth-order valence-corrected chi connectivity index (χ4v) is 1.82. The van der Waals surface area contributed by atoms with Crippen LogP contribution in [0.15, 0.2) is 18.2 Å². The quantitative estimate of drug-likeness (QED) is 0.756. The molecule has 0 aliphatic heterocycles. The third-order valence-corrected chi connectivity index (χ3v) is 2.72. The van der Waals surface area contributed by atoms with Crippen LogP contribution in [0.1, 0.15) is 26.7 Å². The van der Waals surface area contributed by atoms with Gasteiger partial charge in [0.2, 0.25) is 5.91 Å². The minimum Gasteiger partial charge on any atom is -0.487 e. The number of hydrogen-bond donors (Lipinski definition) is 2. The molecule has 0 saturated carbocycles. The number of rotatable bonds is 7. The van der Waals surface area contributed by atoms with Crippen LogP contribution in [0.25, 0.3) is 0 Å². The second kappa shape index (κ2) is 9.86. The normalized spacial score (nSPS) is 10.1.